The van der Waals surface area contributed by atoms with Gasteiger partial charge >= 0.3 is 0 Å². The summed E-state index contributed by atoms with van der Waals surface area (Å²) < 4.78 is 5.33. The zero-order chi connectivity index (χ0) is 31.6. The van der Waals surface area contributed by atoms with Crippen molar-refractivity contribution in [3.63, 3.8) is 0 Å². The molecular weight excluding hydrogens is 596 g/mol. The van der Waals surface area contributed by atoms with Crippen LogP contribution in [0.15, 0.2) is 102 Å². The van der Waals surface area contributed by atoms with E-state index >= 15 is 0 Å². The monoisotopic (exact) mass is 628 g/mol. The Labute approximate surface area is 266 Å². The average Bonchev–Trinajstić information content (AvgIpc) is 3.02. The van der Waals surface area contributed by atoms with Crippen molar-refractivity contribution in [3.05, 3.63) is 118 Å². The van der Waals surface area contributed by atoms with Crippen LogP contribution < -0.4 is 25.6 Å². The molecule has 8 nitrogen and oxygen atoms in total. The van der Waals surface area contributed by atoms with Crippen LogP contribution in [-0.2, 0) is 9.59 Å². The lowest BCUT2D eigenvalue weighted by atomic mass is 10.1. The second-order valence-corrected chi connectivity index (χ2v) is 11.4. The average molecular weight is 629 g/mol. The third-order valence-corrected chi connectivity index (χ3v) is 7.91. The van der Waals surface area contributed by atoms with Gasteiger partial charge in [-0.15, -0.1) is 11.8 Å². The highest BCUT2D eigenvalue weighted by molar-refractivity contribution is 8.00. The fourth-order valence-electron chi connectivity index (χ4n) is 4.08. The first kappa shape index (κ1) is 32.2. The van der Waals surface area contributed by atoms with Crippen molar-refractivity contribution < 1.29 is 19.1 Å². The summed E-state index contributed by atoms with van der Waals surface area (Å²) in [7, 11) is 5.41. The molecule has 4 aromatic carbocycles. The van der Waals surface area contributed by atoms with Crippen LogP contribution >= 0.6 is 23.4 Å². The minimum atomic E-state index is -0.474. The number of carbonyl (C=O) groups excluding carboxylic acids is 3. The molecule has 0 atom stereocenters. The Bertz CT molecular complexity index is 1660. The molecule has 0 fully saturated rings. The van der Waals surface area contributed by atoms with E-state index in [-0.39, 0.29) is 17.4 Å². The predicted molar refractivity (Wildman–Crippen MR) is 180 cm³/mol. The van der Waals surface area contributed by atoms with Gasteiger partial charge in [0.2, 0.25) is 5.91 Å². The van der Waals surface area contributed by atoms with Crippen LogP contribution in [0, 0.1) is 6.92 Å². The topological polar surface area (TPSA) is 99.8 Å². The highest BCUT2D eigenvalue weighted by atomic mass is 35.5. The Morgan fingerprint density at radius 2 is 1.59 bits per heavy atom. The Hall–Kier alpha value is -4.73. The van der Waals surface area contributed by atoms with Gasteiger partial charge in [-0.3, -0.25) is 14.4 Å². The van der Waals surface area contributed by atoms with Crippen molar-refractivity contribution in [1.29, 1.82) is 0 Å². The highest BCUT2D eigenvalue weighted by Gasteiger charge is 2.16. The van der Waals surface area contributed by atoms with Gasteiger partial charge in [0.25, 0.3) is 11.8 Å². The zero-order valence-electron chi connectivity index (χ0n) is 24.8. The number of halogens is 1. The van der Waals surface area contributed by atoms with E-state index in [1.807, 2.05) is 68.4 Å². The molecule has 0 saturated heterocycles. The molecule has 0 aliphatic carbocycles. The van der Waals surface area contributed by atoms with Crippen LogP contribution in [0.2, 0.25) is 5.02 Å². The third-order valence-electron chi connectivity index (χ3n) is 6.49. The number of ether oxygens (including phenoxy) is 1. The number of anilines is 3. The fraction of sp³-hybridized carbons (Fsp3) is 0.147. The van der Waals surface area contributed by atoms with Crippen molar-refractivity contribution in [3.8, 4) is 5.75 Å². The molecular formula is C34H33ClN4O4S. The molecule has 0 radical (unpaired) electrons. The number of benzene rings is 4. The third kappa shape index (κ3) is 8.89. The summed E-state index contributed by atoms with van der Waals surface area (Å²) in [6, 6.07) is 26.9. The molecule has 226 valence electrons. The molecule has 0 aliphatic rings. The summed E-state index contributed by atoms with van der Waals surface area (Å²) >= 11 is 7.51. The van der Waals surface area contributed by atoms with E-state index in [4.69, 9.17) is 16.3 Å². The number of nitrogens with one attached hydrogen (secondary N) is 3. The van der Waals surface area contributed by atoms with Crippen molar-refractivity contribution in [2.75, 3.05) is 42.5 Å². The smallest absolute Gasteiger partial charge is 0.272 e. The molecule has 4 aromatic rings. The summed E-state index contributed by atoms with van der Waals surface area (Å²) in [5, 5.41) is 9.02. The van der Waals surface area contributed by atoms with E-state index < -0.39 is 11.8 Å². The molecule has 0 unspecified atom stereocenters. The molecule has 3 N–H and O–H groups in total. The number of aryl methyl sites for hydroxylation is 1. The van der Waals surface area contributed by atoms with E-state index in [1.165, 1.54) is 18.9 Å². The first-order valence-corrected chi connectivity index (χ1v) is 15.0. The molecule has 0 saturated carbocycles. The number of thioether (sulfide) groups is 1. The number of methoxy groups -OCH3 is 1. The van der Waals surface area contributed by atoms with Crippen LogP contribution in [0.5, 0.6) is 5.75 Å². The van der Waals surface area contributed by atoms with Gasteiger partial charge in [-0.2, -0.15) is 0 Å². The quantitative estimate of drug-likeness (QED) is 0.124. The predicted octanol–water partition coefficient (Wildman–Crippen LogP) is 6.86. The van der Waals surface area contributed by atoms with Crippen LogP contribution in [0.25, 0.3) is 6.08 Å². The van der Waals surface area contributed by atoms with Crippen LogP contribution in [-0.4, -0.2) is 44.7 Å². The minimum Gasteiger partial charge on any atom is -0.495 e. The first-order chi connectivity index (χ1) is 21.1. The van der Waals surface area contributed by atoms with E-state index in [1.54, 1.807) is 54.6 Å². The molecule has 0 spiro atoms. The molecule has 3 amide bonds. The van der Waals surface area contributed by atoms with Crippen molar-refractivity contribution >= 4 is 64.2 Å². The van der Waals surface area contributed by atoms with Crippen molar-refractivity contribution in [1.82, 2.24) is 5.32 Å². The normalized spacial score (nSPS) is 11.0. The van der Waals surface area contributed by atoms with Crippen molar-refractivity contribution in [2.24, 2.45) is 0 Å². The Morgan fingerprint density at radius 1 is 0.909 bits per heavy atom. The van der Waals surface area contributed by atoms with Gasteiger partial charge in [0.05, 0.1) is 18.6 Å². The highest BCUT2D eigenvalue weighted by Crippen LogP contribution is 2.31. The zero-order valence-corrected chi connectivity index (χ0v) is 26.4. The second-order valence-electron chi connectivity index (χ2n) is 9.98. The lowest BCUT2D eigenvalue weighted by Crippen LogP contribution is -2.30. The lowest BCUT2D eigenvalue weighted by Gasteiger charge is -2.14. The Morgan fingerprint density at radius 3 is 2.23 bits per heavy atom. The van der Waals surface area contributed by atoms with Crippen LogP contribution in [0.3, 0.4) is 0 Å². The summed E-state index contributed by atoms with van der Waals surface area (Å²) in [5.41, 5.74) is 4.21. The van der Waals surface area contributed by atoms with Gasteiger partial charge < -0.3 is 25.6 Å². The number of hydrogen-bond donors (Lipinski definition) is 3. The number of carbonyl (C=O) groups is 3. The van der Waals surface area contributed by atoms with E-state index in [0.717, 1.165) is 21.7 Å². The maximum absolute atomic E-state index is 13.4. The van der Waals surface area contributed by atoms with Gasteiger partial charge in [0.15, 0.2) is 0 Å². The van der Waals surface area contributed by atoms with Crippen LogP contribution in [0.1, 0.15) is 21.5 Å². The maximum atomic E-state index is 13.4. The molecule has 0 heterocycles. The number of rotatable bonds is 11. The van der Waals surface area contributed by atoms with Gasteiger partial charge in [-0.1, -0.05) is 41.9 Å². The second kappa shape index (κ2) is 15.1. The van der Waals surface area contributed by atoms with E-state index in [0.29, 0.717) is 27.7 Å². The van der Waals surface area contributed by atoms with E-state index in [2.05, 4.69) is 16.0 Å². The fourth-order valence-corrected chi connectivity index (χ4v) is 4.93. The summed E-state index contributed by atoms with van der Waals surface area (Å²) in [6.45, 7) is 1.85. The first-order valence-electron chi connectivity index (χ1n) is 13.7. The van der Waals surface area contributed by atoms with Gasteiger partial charge in [0, 0.05) is 47.0 Å². The summed E-state index contributed by atoms with van der Waals surface area (Å²) in [5.74, 6) is -0.416. The summed E-state index contributed by atoms with van der Waals surface area (Å²) in [6.07, 6.45) is 1.63. The molecule has 4 rings (SSSR count). The molecule has 0 bridgehead atoms. The van der Waals surface area contributed by atoms with Crippen molar-refractivity contribution in [2.45, 2.75) is 11.8 Å². The molecule has 0 aromatic heterocycles. The molecule has 44 heavy (non-hydrogen) atoms. The lowest BCUT2D eigenvalue weighted by molar-refractivity contribution is -0.114. The number of nitrogens with zero attached hydrogens (tertiary/aromatic N) is 1. The maximum Gasteiger partial charge on any atom is 0.272 e. The SMILES string of the molecule is COc1cc(Cl)c(C)cc1NC(=O)CSc1ccc(NC(=O)/C(=C/c2ccc(N(C)C)cc2)NC(=O)c2ccccc2)cc1. The number of hydrogen-bond acceptors (Lipinski definition) is 6. The Balaban J connectivity index is 1.42. The number of amides is 3. The Kier molecular flexibility index (Phi) is 11.1. The van der Waals surface area contributed by atoms with Gasteiger partial charge in [-0.25, -0.2) is 0 Å². The largest absolute Gasteiger partial charge is 0.495 e. The summed E-state index contributed by atoms with van der Waals surface area (Å²) in [4.78, 5) is 41.7. The molecule has 10 heteroatoms. The van der Waals surface area contributed by atoms with Gasteiger partial charge in [0.1, 0.15) is 11.4 Å². The standard InChI is InChI=1S/C34H33ClN4O4S/c1-22-18-29(31(43-4)20-28(22)35)37-32(40)21-44-27-16-12-25(13-17-27)36-34(42)30(38-33(41)24-8-6-5-7-9-24)19-23-10-14-26(15-11-23)39(2)3/h5-20H,21H2,1-4H3,(H,36,42)(H,37,40)(H,38,41)/b30-19-. The van der Waals surface area contributed by atoms with Crippen LogP contribution in [0.4, 0.5) is 17.1 Å². The minimum absolute atomic E-state index is 0.0967. The van der Waals surface area contributed by atoms with Gasteiger partial charge in [-0.05, 0) is 78.7 Å². The molecule has 0 aliphatic heterocycles. The van der Waals surface area contributed by atoms with E-state index in [9.17, 15) is 14.4 Å².